The molecule has 0 radical (unpaired) electrons. The molecule has 2 aromatic rings. The van der Waals surface area contributed by atoms with Crippen LogP contribution in [0.25, 0.3) is 0 Å². The lowest BCUT2D eigenvalue weighted by Crippen LogP contribution is -2.50. The second kappa shape index (κ2) is 10.4. The predicted molar refractivity (Wildman–Crippen MR) is 118 cm³/mol. The number of carboxylic acids is 1. The molecule has 3 rings (SSSR count). The molecule has 0 spiro atoms. The molecule has 32 heavy (non-hydrogen) atoms. The van der Waals surface area contributed by atoms with Crippen LogP contribution in [0.15, 0.2) is 48.7 Å². The van der Waals surface area contributed by atoms with E-state index in [-0.39, 0.29) is 12.3 Å². The second-order valence-electron chi connectivity index (χ2n) is 7.40. The lowest BCUT2D eigenvalue weighted by Gasteiger charge is -2.36. The third-order valence-corrected chi connectivity index (χ3v) is 5.46. The number of para-hydroxylation sites is 1. The van der Waals surface area contributed by atoms with Gasteiger partial charge in [-0.1, -0.05) is 18.2 Å². The minimum atomic E-state index is -1.44. The van der Waals surface area contributed by atoms with Crippen LogP contribution in [-0.4, -0.2) is 65.5 Å². The molecule has 0 saturated carbocycles. The summed E-state index contributed by atoms with van der Waals surface area (Å²) in [7, 11) is 0. The van der Waals surface area contributed by atoms with Crippen molar-refractivity contribution >= 4 is 29.3 Å². The number of anilines is 2. The van der Waals surface area contributed by atoms with Crippen molar-refractivity contribution in [2.45, 2.75) is 13.3 Å². The van der Waals surface area contributed by atoms with Gasteiger partial charge in [-0.05, 0) is 31.2 Å². The number of rotatable bonds is 7. The van der Waals surface area contributed by atoms with Crippen LogP contribution in [0.4, 0.5) is 11.5 Å². The molecule has 9 nitrogen and oxygen atoms in total. The summed E-state index contributed by atoms with van der Waals surface area (Å²) in [4.78, 5) is 46.9. The van der Waals surface area contributed by atoms with Gasteiger partial charge in [0.2, 0.25) is 11.8 Å². The van der Waals surface area contributed by atoms with Crippen molar-refractivity contribution in [2.75, 3.05) is 42.5 Å². The SMILES string of the molecule is CCN(C(=O)C(CC(=O)N1CCN(c2ccc(C#N)cn2)CC1)C(=O)O)c1ccccc1. The molecule has 1 aromatic heterocycles. The smallest absolute Gasteiger partial charge is 0.316 e. The van der Waals surface area contributed by atoms with Crippen LogP contribution in [0.3, 0.4) is 0 Å². The number of piperazine rings is 1. The zero-order chi connectivity index (χ0) is 23.1. The summed E-state index contributed by atoms with van der Waals surface area (Å²) >= 11 is 0. The molecule has 1 unspecified atom stereocenters. The minimum absolute atomic E-state index is 0.303. The molecule has 0 bridgehead atoms. The normalized spacial score (nSPS) is 14.4. The van der Waals surface area contributed by atoms with Gasteiger partial charge in [0.15, 0.2) is 0 Å². The number of carboxylic acid groups (broad SMARTS) is 1. The number of pyridine rings is 1. The molecular formula is C23H25N5O4. The number of nitrogens with zero attached hydrogens (tertiary/aromatic N) is 5. The quantitative estimate of drug-likeness (QED) is 0.658. The summed E-state index contributed by atoms with van der Waals surface area (Å²) in [5, 5.41) is 18.5. The number of nitriles is 1. The van der Waals surface area contributed by atoms with Crippen LogP contribution in [-0.2, 0) is 14.4 Å². The predicted octanol–water partition coefficient (Wildman–Crippen LogP) is 1.75. The molecule has 1 aliphatic heterocycles. The fraction of sp³-hybridized carbons (Fsp3) is 0.348. The van der Waals surface area contributed by atoms with Gasteiger partial charge in [-0.15, -0.1) is 0 Å². The fourth-order valence-electron chi connectivity index (χ4n) is 3.67. The highest BCUT2D eigenvalue weighted by molar-refractivity contribution is 6.07. The van der Waals surface area contributed by atoms with Gasteiger partial charge >= 0.3 is 5.97 Å². The number of aromatic nitrogens is 1. The third-order valence-electron chi connectivity index (χ3n) is 5.46. The van der Waals surface area contributed by atoms with E-state index >= 15 is 0 Å². The maximum atomic E-state index is 13.0. The Kier molecular flexibility index (Phi) is 7.39. The third kappa shape index (κ3) is 5.21. The van der Waals surface area contributed by atoms with E-state index in [1.165, 1.54) is 11.1 Å². The van der Waals surface area contributed by atoms with Gasteiger partial charge in [-0.3, -0.25) is 14.4 Å². The van der Waals surface area contributed by atoms with Crippen LogP contribution in [0, 0.1) is 17.2 Å². The van der Waals surface area contributed by atoms with Crippen LogP contribution < -0.4 is 9.80 Å². The molecule has 1 atom stereocenters. The Hall–Kier alpha value is -3.93. The van der Waals surface area contributed by atoms with E-state index in [4.69, 9.17) is 5.26 Å². The zero-order valence-electron chi connectivity index (χ0n) is 17.8. The number of aliphatic carboxylic acids is 1. The van der Waals surface area contributed by atoms with Crippen molar-refractivity contribution in [3.63, 3.8) is 0 Å². The highest BCUT2D eigenvalue weighted by Gasteiger charge is 2.35. The van der Waals surface area contributed by atoms with Gasteiger partial charge in [0.25, 0.3) is 0 Å². The molecule has 0 aliphatic carbocycles. The van der Waals surface area contributed by atoms with E-state index < -0.39 is 17.8 Å². The van der Waals surface area contributed by atoms with Gasteiger partial charge in [-0.25, -0.2) is 4.98 Å². The number of hydrogen-bond donors (Lipinski definition) is 1. The number of hydrogen-bond acceptors (Lipinski definition) is 6. The summed E-state index contributed by atoms with van der Waals surface area (Å²) in [5.74, 6) is -2.99. The number of amides is 2. The molecule has 9 heteroatoms. The topological polar surface area (TPSA) is 118 Å². The van der Waals surface area contributed by atoms with Crippen LogP contribution in [0.5, 0.6) is 0 Å². The Morgan fingerprint density at radius 3 is 2.34 bits per heavy atom. The summed E-state index contributed by atoms with van der Waals surface area (Å²) in [5.41, 5.74) is 1.07. The summed E-state index contributed by atoms with van der Waals surface area (Å²) in [6.45, 7) is 3.93. The highest BCUT2D eigenvalue weighted by atomic mass is 16.4. The van der Waals surface area contributed by atoms with E-state index in [1.54, 1.807) is 48.2 Å². The molecule has 1 N–H and O–H groups in total. The van der Waals surface area contributed by atoms with Crippen molar-refractivity contribution in [2.24, 2.45) is 5.92 Å². The largest absolute Gasteiger partial charge is 0.481 e. The summed E-state index contributed by atoms with van der Waals surface area (Å²) in [6, 6.07) is 14.3. The average molecular weight is 435 g/mol. The molecule has 1 aliphatic rings. The monoisotopic (exact) mass is 435 g/mol. The van der Waals surface area contributed by atoms with Crippen molar-refractivity contribution in [1.29, 1.82) is 5.26 Å². The van der Waals surface area contributed by atoms with Gasteiger partial charge in [0.05, 0.1) is 5.56 Å². The Balaban J connectivity index is 1.62. The highest BCUT2D eigenvalue weighted by Crippen LogP contribution is 2.20. The van der Waals surface area contributed by atoms with E-state index in [0.29, 0.717) is 44.0 Å². The summed E-state index contributed by atoms with van der Waals surface area (Å²) in [6.07, 6.45) is 1.12. The first-order valence-electron chi connectivity index (χ1n) is 10.4. The van der Waals surface area contributed by atoms with E-state index in [2.05, 4.69) is 4.98 Å². The van der Waals surface area contributed by atoms with Crippen molar-refractivity contribution in [3.8, 4) is 6.07 Å². The van der Waals surface area contributed by atoms with Crippen LogP contribution in [0.2, 0.25) is 0 Å². The second-order valence-corrected chi connectivity index (χ2v) is 7.40. The fourth-order valence-corrected chi connectivity index (χ4v) is 3.67. The maximum absolute atomic E-state index is 13.0. The standard InChI is InChI=1S/C23H25N5O4/c1-2-28(18-6-4-3-5-7-18)22(30)19(23(31)32)14-21(29)27-12-10-26(11-13-27)20-9-8-17(15-24)16-25-20/h3-9,16,19H,2,10-14H2,1H3,(H,31,32). The Morgan fingerprint density at radius 1 is 1.12 bits per heavy atom. The maximum Gasteiger partial charge on any atom is 0.316 e. The van der Waals surface area contributed by atoms with E-state index in [9.17, 15) is 19.5 Å². The lowest BCUT2D eigenvalue weighted by molar-refractivity contribution is -0.150. The molecule has 1 aromatic carbocycles. The number of benzene rings is 1. The van der Waals surface area contributed by atoms with E-state index in [1.807, 2.05) is 17.0 Å². The molecule has 1 saturated heterocycles. The lowest BCUT2D eigenvalue weighted by atomic mass is 10.0. The molecule has 1 fully saturated rings. The van der Waals surface area contributed by atoms with Gasteiger partial charge < -0.3 is 19.8 Å². The number of carbonyl (C=O) groups is 3. The molecular weight excluding hydrogens is 410 g/mol. The zero-order valence-corrected chi connectivity index (χ0v) is 17.8. The van der Waals surface area contributed by atoms with Crippen LogP contribution in [0.1, 0.15) is 18.9 Å². The summed E-state index contributed by atoms with van der Waals surface area (Å²) < 4.78 is 0. The molecule has 2 amide bonds. The number of carbonyl (C=O) groups excluding carboxylic acids is 2. The van der Waals surface area contributed by atoms with Gasteiger partial charge in [0, 0.05) is 51.0 Å². The Morgan fingerprint density at radius 2 is 1.81 bits per heavy atom. The van der Waals surface area contributed by atoms with Crippen molar-refractivity contribution < 1.29 is 19.5 Å². The first-order chi connectivity index (χ1) is 15.4. The van der Waals surface area contributed by atoms with E-state index in [0.717, 1.165) is 5.82 Å². The van der Waals surface area contributed by atoms with Crippen molar-refractivity contribution in [3.05, 3.63) is 54.2 Å². The first kappa shape index (κ1) is 22.7. The van der Waals surface area contributed by atoms with Gasteiger partial charge in [0.1, 0.15) is 17.8 Å². The molecule has 166 valence electrons. The molecule has 2 heterocycles. The first-order valence-corrected chi connectivity index (χ1v) is 10.4. The Labute approximate surface area is 186 Å². The van der Waals surface area contributed by atoms with Crippen LogP contribution >= 0.6 is 0 Å². The minimum Gasteiger partial charge on any atom is -0.481 e. The average Bonchev–Trinajstić information content (AvgIpc) is 2.83. The Bertz CT molecular complexity index is 995. The van der Waals surface area contributed by atoms with Gasteiger partial charge in [-0.2, -0.15) is 5.26 Å². The van der Waals surface area contributed by atoms with Crippen molar-refractivity contribution in [1.82, 2.24) is 9.88 Å².